The standard InChI is InChI=1S/C16H21N5O2.HI/c1-10-11(2)23-14(21-10)9-20-16(18-3)19-8-12-4-6-13(7-5-12)15(17)22;/h4-7H,8-9H2,1-3H3,(H2,17,22)(H2,18,19,20);1H. The third-order valence-electron chi connectivity index (χ3n) is 3.40. The first-order chi connectivity index (χ1) is 11.0. The zero-order valence-corrected chi connectivity index (χ0v) is 16.3. The quantitative estimate of drug-likeness (QED) is 0.372. The summed E-state index contributed by atoms with van der Waals surface area (Å²) in [6.07, 6.45) is 0. The van der Waals surface area contributed by atoms with Crippen molar-refractivity contribution in [2.75, 3.05) is 7.05 Å². The number of aliphatic imine (C=N–C) groups is 1. The fourth-order valence-electron chi connectivity index (χ4n) is 1.97. The van der Waals surface area contributed by atoms with Crippen molar-refractivity contribution in [2.24, 2.45) is 10.7 Å². The molecule has 0 bridgehead atoms. The van der Waals surface area contributed by atoms with Crippen LogP contribution >= 0.6 is 24.0 Å². The van der Waals surface area contributed by atoms with Gasteiger partial charge < -0.3 is 20.8 Å². The smallest absolute Gasteiger partial charge is 0.248 e. The van der Waals surface area contributed by atoms with Gasteiger partial charge in [0.1, 0.15) is 5.76 Å². The number of benzene rings is 1. The summed E-state index contributed by atoms with van der Waals surface area (Å²) in [4.78, 5) is 19.5. The molecule has 0 atom stereocenters. The highest BCUT2D eigenvalue weighted by Gasteiger charge is 2.06. The van der Waals surface area contributed by atoms with Crippen LogP contribution in [-0.4, -0.2) is 23.9 Å². The van der Waals surface area contributed by atoms with Crippen LogP contribution < -0.4 is 16.4 Å². The Labute approximate surface area is 158 Å². The number of primary amides is 1. The number of guanidine groups is 1. The molecule has 1 heterocycles. The van der Waals surface area contributed by atoms with Crippen molar-refractivity contribution in [3.05, 3.63) is 52.7 Å². The lowest BCUT2D eigenvalue weighted by molar-refractivity contribution is 0.100. The lowest BCUT2D eigenvalue weighted by Crippen LogP contribution is -2.36. The van der Waals surface area contributed by atoms with Crippen LogP contribution in [0.4, 0.5) is 0 Å². The van der Waals surface area contributed by atoms with Gasteiger partial charge in [0.15, 0.2) is 5.96 Å². The molecule has 0 aliphatic carbocycles. The Hall–Kier alpha value is -2.10. The third kappa shape index (κ3) is 5.52. The van der Waals surface area contributed by atoms with Crippen LogP contribution in [-0.2, 0) is 13.1 Å². The second kappa shape index (κ2) is 9.26. The number of nitrogens with zero attached hydrogens (tertiary/aromatic N) is 2. The number of nitrogens with two attached hydrogens (primary N) is 1. The number of halogens is 1. The topological polar surface area (TPSA) is 106 Å². The fourth-order valence-corrected chi connectivity index (χ4v) is 1.97. The monoisotopic (exact) mass is 443 g/mol. The van der Waals surface area contributed by atoms with Gasteiger partial charge in [0.2, 0.25) is 11.8 Å². The first-order valence-corrected chi connectivity index (χ1v) is 7.25. The lowest BCUT2D eigenvalue weighted by Gasteiger charge is -2.10. The molecule has 0 fully saturated rings. The Balaban J connectivity index is 0.00000288. The van der Waals surface area contributed by atoms with E-state index in [9.17, 15) is 4.79 Å². The van der Waals surface area contributed by atoms with E-state index in [1.165, 1.54) is 0 Å². The summed E-state index contributed by atoms with van der Waals surface area (Å²) < 4.78 is 5.51. The molecule has 0 aliphatic rings. The SMILES string of the molecule is CN=C(NCc1ccc(C(N)=O)cc1)NCc1nc(C)c(C)o1.I. The van der Waals surface area contributed by atoms with E-state index in [4.69, 9.17) is 10.2 Å². The predicted molar refractivity (Wildman–Crippen MR) is 103 cm³/mol. The molecular formula is C16H22IN5O2. The van der Waals surface area contributed by atoms with Gasteiger partial charge in [0.05, 0.1) is 12.2 Å². The van der Waals surface area contributed by atoms with Crippen LogP contribution in [0.5, 0.6) is 0 Å². The summed E-state index contributed by atoms with van der Waals surface area (Å²) in [6, 6.07) is 7.10. The summed E-state index contributed by atoms with van der Waals surface area (Å²) in [5.74, 6) is 1.64. The molecule has 0 unspecified atom stereocenters. The molecule has 130 valence electrons. The average Bonchev–Trinajstić information content (AvgIpc) is 2.86. The second-order valence-electron chi connectivity index (χ2n) is 5.09. The van der Waals surface area contributed by atoms with Gasteiger partial charge in [-0.15, -0.1) is 24.0 Å². The molecule has 8 heteroatoms. The molecule has 0 aliphatic heterocycles. The lowest BCUT2D eigenvalue weighted by atomic mass is 10.1. The first kappa shape index (κ1) is 19.9. The van der Waals surface area contributed by atoms with Crippen LogP contribution in [0.1, 0.15) is 33.3 Å². The largest absolute Gasteiger partial charge is 0.444 e. The van der Waals surface area contributed by atoms with Crippen molar-refractivity contribution in [3.63, 3.8) is 0 Å². The molecule has 4 N–H and O–H groups in total. The Kier molecular flexibility index (Phi) is 7.69. The molecule has 1 aromatic carbocycles. The maximum atomic E-state index is 11.0. The summed E-state index contributed by atoms with van der Waals surface area (Å²) in [5, 5.41) is 6.31. The molecule has 1 aromatic heterocycles. The number of aromatic nitrogens is 1. The highest BCUT2D eigenvalue weighted by Crippen LogP contribution is 2.07. The molecule has 0 saturated carbocycles. The molecule has 24 heavy (non-hydrogen) atoms. The summed E-state index contributed by atoms with van der Waals surface area (Å²) in [5.41, 5.74) is 7.61. The Bertz CT molecular complexity index is 690. The van der Waals surface area contributed by atoms with Gasteiger partial charge in [-0.3, -0.25) is 9.79 Å². The number of oxazole rings is 1. The molecule has 0 saturated heterocycles. The van der Waals surface area contributed by atoms with Crippen molar-refractivity contribution in [2.45, 2.75) is 26.9 Å². The minimum absolute atomic E-state index is 0. The van der Waals surface area contributed by atoms with Crippen molar-refractivity contribution in [1.82, 2.24) is 15.6 Å². The zero-order valence-electron chi connectivity index (χ0n) is 13.9. The van der Waals surface area contributed by atoms with Crippen LogP contribution in [0.2, 0.25) is 0 Å². The molecule has 7 nitrogen and oxygen atoms in total. The zero-order chi connectivity index (χ0) is 16.8. The van der Waals surface area contributed by atoms with E-state index in [1.54, 1.807) is 19.2 Å². The third-order valence-corrected chi connectivity index (χ3v) is 3.40. The average molecular weight is 443 g/mol. The number of hydrogen-bond acceptors (Lipinski definition) is 4. The number of carbonyl (C=O) groups is 1. The molecular weight excluding hydrogens is 421 g/mol. The number of hydrogen-bond donors (Lipinski definition) is 3. The van der Waals surface area contributed by atoms with Gasteiger partial charge >= 0.3 is 0 Å². The van der Waals surface area contributed by atoms with Gasteiger partial charge in [-0.1, -0.05) is 12.1 Å². The number of nitrogens with one attached hydrogen (secondary N) is 2. The van der Waals surface area contributed by atoms with E-state index in [2.05, 4.69) is 20.6 Å². The summed E-state index contributed by atoms with van der Waals surface area (Å²) in [6.45, 7) is 4.82. The van der Waals surface area contributed by atoms with E-state index in [-0.39, 0.29) is 24.0 Å². The van der Waals surface area contributed by atoms with E-state index < -0.39 is 5.91 Å². The Morgan fingerprint density at radius 2 is 1.83 bits per heavy atom. The molecule has 2 aromatic rings. The van der Waals surface area contributed by atoms with Crippen LogP contribution in [0.25, 0.3) is 0 Å². The fraction of sp³-hybridized carbons (Fsp3) is 0.312. The van der Waals surface area contributed by atoms with E-state index >= 15 is 0 Å². The number of aryl methyl sites for hydroxylation is 2. The Morgan fingerprint density at radius 3 is 2.33 bits per heavy atom. The number of rotatable bonds is 5. The molecule has 2 rings (SSSR count). The van der Waals surface area contributed by atoms with Crippen LogP contribution in [0.15, 0.2) is 33.7 Å². The number of carbonyl (C=O) groups excluding carboxylic acids is 1. The van der Waals surface area contributed by atoms with E-state index in [0.29, 0.717) is 30.5 Å². The van der Waals surface area contributed by atoms with Gasteiger partial charge in [-0.25, -0.2) is 4.98 Å². The molecule has 0 radical (unpaired) electrons. The predicted octanol–water partition coefficient (Wildman–Crippen LogP) is 1.87. The van der Waals surface area contributed by atoms with Crippen LogP contribution in [0.3, 0.4) is 0 Å². The maximum Gasteiger partial charge on any atom is 0.248 e. The van der Waals surface area contributed by atoms with Crippen LogP contribution in [0, 0.1) is 13.8 Å². The highest BCUT2D eigenvalue weighted by atomic mass is 127. The highest BCUT2D eigenvalue weighted by molar-refractivity contribution is 14.0. The van der Waals surface area contributed by atoms with Crippen molar-refractivity contribution in [3.8, 4) is 0 Å². The van der Waals surface area contributed by atoms with Crippen molar-refractivity contribution in [1.29, 1.82) is 0 Å². The first-order valence-electron chi connectivity index (χ1n) is 7.25. The Morgan fingerprint density at radius 1 is 1.21 bits per heavy atom. The summed E-state index contributed by atoms with van der Waals surface area (Å²) >= 11 is 0. The van der Waals surface area contributed by atoms with Gasteiger partial charge in [0.25, 0.3) is 0 Å². The van der Waals surface area contributed by atoms with Gasteiger partial charge in [-0.2, -0.15) is 0 Å². The van der Waals surface area contributed by atoms with Gasteiger partial charge in [0, 0.05) is 19.2 Å². The second-order valence-corrected chi connectivity index (χ2v) is 5.09. The minimum Gasteiger partial charge on any atom is -0.444 e. The van der Waals surface area contributed by atoms with Gasteiger partial charge in [-0.05, 0) is 31.5 Å². The van der Waals surface area contributed by atoms with E-state index in [1.807, 2.05) is 26.0 Å². The molecule has 0 spiro atoms. The maximum absolute atomic E-state index is 11.0. The summed E-state index contributed by atoms with van der Waals surface area (Å²) in [7, 11) is 1.69. The minimum atomic E-state index is -0.432. The van der Waals surface area contributed by atoms with Crippen molar-refractivity contribution < 1.29 is 9.21 Å². The normalized spacial score (nSPS) is 10.9. The number of amides is 1. The van der Waals surface area contributed by atoms with Crippen molar-refractivity contribution >= 4 is 35.8 Å². The van der Waals surface area contributed by atoms with E-state index in [0.717, 1.165) is 17.0 Å². The molecule has 1 amide bonds.